The fourth-order valence-corrected chi connectivity index (χ4v) is 6.27. The van der Waals surface area contributed by atoms with Crippen LogP contribution in [0.25, 0.3) is 10.9 Å². The molecule has 4 heteroatoms. The van der Waals surface area contributed by atoms with Gasteiger partial charge in [-0.1, -0.05) is 54.6 Å². The Balaban J connectivity index is 0.000000193. The zero-order valence-electron chi connectivity index (χ0n) is 18.6. The van der Waals surface area contributed by atoms with E-state index in [0.717, 1.165) is 5.69 Å². The molecular weight excluding hydrogens is 621 g/mol. The maximum atomic E-state index is 13.3. The maximum absolute atomic E-state index is 13.3. The number of nitrogens with zero attached hydrogens (tertiary/aromatic N) is 1. The third-order valence-electron chi connectivity index (χ3n) is 5.27. The number of hydrogen-bond donors (Lipinski definition) is 0. The van der Waals surface area contributed by atoms with Crippen LogP contribution in [0.4, 0.5) is 4.39 Å². The van der Waals surface area contributed by atoms with E-state index < -0.39 is 7.92 Å². The molecule has 34 heavy (non-hydrogen) atoms. The molecule has 1 nitrogen and oxygen atoms in total. The van der Waals surface area contributed by atoms with Crippen molar-refractivity contribution < 1.29 is 26.8 Å². The molecule has 0 N–H and O–H groups in total. The fraction of sp³-hybridized carbons (Fsp3) is 0.0333. The standard InChI is InChI=1S/C18H15P.C12H7FN.Au/c1-4-10-16(11-5-1)19(17-12-6-2-7-13-17)18-14-8-3-9-15-18;1-3-9-5-7-11(13)10-6-4-8(2)14-12(9)10;/h1-15H;4-7H,2H3;/q;-1;+1/p+1. The Morgan fingerprint density at radius 2 is 1.15 bits per heavy atom. The van der Waals surface area contributed by atoms with Crippen LogP contribution in [-0.4, -0.2) is 4.98 Å². The number of fused-ring (bicyclic) bond motifs is 1. The number of hydrogen-bond acceptors (Lipinski definition) is 1. The molecule has 0 bridgehead atoms. The van der Waals surface area contributed by atoms with Gasteiger partial charge in [0.1, 0.15) is 21.7 Å². The molecule has 170 valence electrons. The molecule has 0 spiro atoms. The van der Waals surface area contributed by atoms with E-state index in [1.807, 2.05) is 6.92 Å². The molecule has 0 aliphatic carbocycles. The average Bonchev–Trinajstić information content (AvgIpc) is 2.87. The summed E-state index contributed by atoms with van der Waals surface area (Å²) in [6.07, 6.45) is 7.05. The second-order valence-corrected chi connectivity index (χ2v) is 10.0. The molecular formula is C30H23AuFNP+. The summed E-state index contributed by atoms with van der Waals surface area (Å²) in [5.74, 6) is 1.93. The molecule has 4 aromatic carbocycles. The van der Waals surface area contributed by atoms with Crippen LogP contribution in [0.1, 0.15) is 11.3 Å². The van der Waals surface area contributed by atoms with E-state index in [0.29, 0.717) is 16.5 Å². The number of aromatic nitrogens is 1. The molecule has 0 aliphatic rings. The van der Waals surface area contributed by atoms with Crippen molar-refractivity contribution in [2.45, 2.75) is 6.92 Å². The predicted molar refractivity (Wildman–Crippen MR) is 139 cm³/mol. The Bertz CT molecular complexity index is 1290. The molecule has 1 aromatic heterocycles. The topological polar surface area (TPSA) is 12.9 Å². The molecule has 1 heterocycles. The third-order valence-corrected chi connectivity index (χ3v) is 8.00. The molecule has 5 aromatic rings. The van der Waals surface area contributed by atoms with E-state index in [1.54, 1.807) is 12.1 Å². The van der Waals surface area contributed by atoms with Crippen LogP contribution < -0.4 is 15.9 Å². The summed E-state index contributed by atoms with van der Waals surface area (Å²) in [4.78, 5) is 4.18. The van der Waals surface area contributed by atoms with Crippen molar-refractivity contribution in [1.29, 1.82) is 0 Å². The molecule has 0 unspecified atom stereocenters. The molecule has 0 amide bonds. The monoisotopic (exact) mass is 644 g/mol. The van der Waals surface area contributed by atoms with E-state index in [1.165, 1.54) is 28.0 Å². The SMILES string of the molecule is [Au+].[C-]#Cc1ccc(F)c2ccc(C)nc12.c1ccc([PH+](c2ccccc2)c2ccccc2)cc1. The third kappa shape index (κ3) is 6.09. The summed E-state index contributed by atoms with van der Waals surface area (Å²) in [7, 11) is -0.877. The first kappa shape index (κ1) is 25.6. The van der Waals surface area contributed by atoms with E-state index in [9.17, 15) is 4.39 Å². The fourth-order valence-electron chi connectivity index (χ4n) is 3.70. The van der Waals surface area contributed by atoms with Crippen LogP contribution in [-0.2, 0) is 22.4 Å². The van der Waals surface area contributed by atoms with Gasteiger partial charge in [0.05, 0.1) is 7.92 Å². The Hall–Kier alpha value is -3.05. The van der Waals surface area contributed by atoms with Gasteiger partial charge < -0.3 is 6.42 Å². The van der Waals surface area contributed by atoms with Gasteiger partial charge in [0.25, 0.3) is 0 Å². The van der Waals surface area contributed by atoms with Crippen LogP contribution in [0.3, 0.4) is 0 Å². The zero-order chi connectivity index (χ0) is 23.0. The number of benzene rings is 4. The summed E-state index contributed by atoms with van der Waals surface area (Å²) in [5.41, 5.74) is 1.82. The van der Waals surface area contributed by atoms with Crippen LogP contribution in [0.5, 0.6) is 0 Å². The first-order chi connectivity index (χ1) is 16.2. The van der Waals surface area contributed by atoms with Gasteiger partial charge in [-0.3, -0.25) is 10.9 Å². The Labute approximate surface area is 217 Å². The van der Waals surface area contributed by atoms with Gasteiger partial charge in [-0.05, 0) is 61.5 Å². The van der Waals surface area contributed by atoms with Gasteiger partial charge >= 0.3 is 22.4 Å². The summed E-state index contributed by atoms with van der Waals surface area (Å²) < 4.78 is 13.3. The molecule has 0 atom stereocenters. The van der Waals surface area contributed by atoms with Gasteiger partial charge in [0.2, 0.25) is 0 Å². The van der Waals surface area contributed by atoms with E-state index in [-0.39, 0.29) is 28.2 Å². The van der Waals surface area contributed by atoms with Gasteiger partial charge in [-0.15, -0.1) is 11.6 Å². The quantitative estimate of drug-likeness (QED) is 0.105. The predicted octanol–water partition coefficient (Wildman–Crippen LogP) is 5.79. The minimum Gasteiger partial charge on any atom is -0.366 e. The number of aryl methyl sites for hydroxylation is 1. The average molecular weight is 644 g/mol. The number of rotatable bonds is 3. The van der Waals surface area contributed by atoms with E-state index in [2.05, 4.69) is 102 Å². The van der Waals surface area contributed by atoms with Crippen molar-refractivity contribution in [1.82, 2.24) is 4.98 Å². The molecule has 0 radical (unpaired) electrons. The number of pyridine rings is 1. The van der Waals surface area contributed by atoms with Crippen LogP contribution in [0.2, 0.25) is 0 Å². The normalized spacial score (nSPS) is 10.1. The van der Waals surface area contributed by atoms with Crippen LogP contribution >= 0.6 is 7.92 Å². The van der Waals surface area contributed by atoms with Crippen LogP contribution in [0.15, 0.2) is 115 Å². The molecule has 0 saturated carbocycles. The van der Waals surface area contributed by atoms with Crippen molar-refractivity contribution in [3.63, 3.8) is 0 Å². The van der Waals surface area contributed by atoms with Crippen molar-refractivity contribution >= 4 is 34.7 Å². The molecule has 0 saturated heterocycles. The summed E-state index contributed by atoms with van der Waals surface area (Å²) in [6.45, 7) is 1.83. The Morgan fingerprint density at radius 3 is 1.59 bits per heavy atom. The molecule has 0 aliphatic heterocycles. The zero-order valence-corrected chi connectivity index (χ0v) is 21.8. The minimum atomic E-state index is -0.877. The van der Waals surface area contributed by atoms with E-state index in [4.69, 9.17) is 6.42 Å². The van der Waals surface area contributed by atoms with Crippen molar-refractivity contribution in [2.24, 2.45) is 0 Å². The van der Waals surface area contributed by atoms with E-state index >= 15 is 0 Å². The van der Waals surface area contributed by atoms with Crippen LogP contribution in [0, 0.1) is 25.1 Å². The summed E-state index contributed by atoms with van der Waals surface area (Å²) in [5, 5.41) is 4.74. The van der Waals surface area contributed by atoms with Gasteiger partial charge in [0.15, 0.2) is 0 Å². The van der Waals surface area contributed by atoms with Gasteiger partial charge in [-0.2, -0.15) is 0 Å². The van der Waals surface area contributed by atoms with Crippen molar-refractivity contribution in [2.75, 3.05) is 0 Å². The van der Waals surface area contributed by atoms with Crippen molar-refractivity contribution in [3.8, 4) is 5.92 Å². The second-order valence-electron chi connectivity index (χ2n) is 7.54. The maximum Gasteiger partial charge on any atom is 1.00 e. The first-order valence-electron chi connectivity index (χ1n) is 10.7. The Morgan fingerprint density at radius 1 is 0.676 bits per heavy atom. The smallest absolute Gasteiger partial charge is 0.366 e. The second kappa shape index (κ2) is 12.4. The number of halogens is 1. The Kier molecular flexibility index (Phi) is 9.34. The largest absolute Gasteiger partial charge is 1.00 e. The van der Waals surface area contributed by atoms with Crippen molar-refractivity contribution in [3.05, 3.63) is 139 Å². The van der Waals surface area contributed by atoms with Gasteiger partial charge in [0, 0.05) is 16.6 Å². The summed E-state index contributed by atoms with van der Waals surface area (Å²) in [6, 6.07) is 38.8. The molecule has 5 rings (SSSR count). The molecule has 0 fully saturated rings. The van der Waals surface area contributed by atoms with Gasteiger partial charge in [-0.25, -0.2) is 4.39 Å². The first-order valence-corrected chi connectivity index (χ1v) is 12.2. The summed E-state index contributed by atoms with van der Waals surface area (Å²) >= 11 is 0. The minimum absolute atomic E-state index is 0.